The fourth-order valence-corrected chi connectivity index (χ4v) is 0.996. The van der Waals surface area contributed by atoms with Crippen LogP contribution in [-0.2, 0) is 7.05 Å². The largest absolute Gasteiger partial charge is 0.349 e. The van der Waals surface area contributed by atoms with Crippen LogP contribution in [0.25, 0.3) is 0 Å². The predicted molar refractivity (Wildman–Crippen MR) is 41.4 cm³/mol. The van der Waals surface area contributed by atoms with E-state index in [1.54, 1.807) is 6.92 Å². The molecule has 0 bridgehead atoms. The molecule has 0 fully saturated rings. The molecule has 1 heterocycles. The second-order valence-electron chi connectivity index (χ2n) is 2.66. The van der Waals surface area contributed by atoms with Crippen molar-refractivity contribution in [2.24, 2.45) is 7.05 Å². The van der Waals surface area contributed by atoms with Gasteiger partial charge in [0.1, 0.15) is 0 Å². The summed E-state index contributed by atoms with van der Waals surface area (Å²) in [6, 6.07) is 0.972. The third-order valence-electron chi connectivity index (χ3n) is 1.69. The van der Waals surface area contributed by atoms with Gasteiger partial charge in [-0.25, -0.2) is 8.78 Å². The maximum atomic E-state index is 12.2. The number of hydrogen-bond donors (Lipinski definition) is 0. The van der Waals surface area contributed by atoms with Crippen LogP contribution in [0.15, 0.2) is 17.1 Å². The number of pyridine rings is 1. The van der Waals surface area contributed by atoms with Gasteiger partial charge in [0, 0.05) is 24.9 Å². The molecular weight excluding hydrogens is 164 g/mol. The number of aromatic nitrogens is 1. The van der Waals surface area contributed by atoms with Gasteiger partial charge >= 0.3 is 0 Å². The first-order chi connectivity index (χ1) is 5.52. The van der Waals surface area contributed by atoms with E-state index in [0.29, 0.717) is 5.56 Å². The van der Waals surface area contributed by atoms with Crippen molar-refractivity contribution in [3.05, 3.63) is 33.7 Å². The molecule has 2 nitrogen and oxygen atoms in total. The minimum absolute atomic E-state index is 0.245. The van der Waals surface area contributed by atoms with Gasteiger partial charge in [0.25, 0.3) is 6.43 Å². The van der Waals surface area contributed by atoms with Gasteiger partial charge in [0.05, 0.1) is 5.69 Å². The van der Waals surface area contributed by atoms with Gasteiger partial charge in [-0.2, -0.15) is 0 Å². The van der Waals surface area contributed by atoms with Crippen LogP contribution in [0.2, 0.25) is 0 Å². The predicted octanol–water partition coefficient (Wildman–Crippen LogP) is 1.63. The Labute approximate surface area is 68.4 Å². The highest BCUT2D eigenvalue weighted by molar-refractivity contribution is 5.15. The molecule has 0 spiro atoms. The molecule has 1 aromatic heterocycles. The summed E-state index contributed by atoms with van der Waals surface area (Å²) in [6.45, 7) is 1.59. The molecule has 1 rings (SSSR count). The Bertz CT molecular complexity index is 343. The molecule has 0 atom stereocenters. The van der Waals surface area contributed by atoms with Crippen LogP contribution in [0.5, 0.6) is 0 Å². The molecule has 4 heteroatoms. The van der Waals surface area contributed by atoms with E-state index < -0.39 is 6.43 Å². The van der Waals surface area contributed by atoms with E-state index in [0.717, 1.165) is 6.07 Å². The fourth-order valence-electron chi connectivity index (χ4n) is 0.996. The smallest absolute Gasteiger partial charge is 0.278 e. The van der Waals surface area contributed by atoms with Crippen molar-refractivity contribution in [1.82, 2.24) is 4.57 Å². The Balaban J connectivity index is 3.33. The Hall–Kier alpha value is -1.19. The first-order valence-electron chi connectivity index (χ1n) is 3.47. The van der Waals surface area contributed by atoms with E-state index in [2.05, 4.69) is 0 Å². The van der Waals surface area contributed by atoms with Crippen LogP contribution >= 0.6 is 0 Å². The fraction of sp³-hybridized carbons (Fsp3) is 0.375. The lowest BCUT2D eigenvalue weighted by Gasteiger charge is -2.07. The summed E-state index contributed by atoms with van der Waals surface area (Å²) in [6.07, 6.45) is -1.19. The first-order valence-corrected chi connectivity index (χ1v) is 3.47. The number of halogens is 2. The molecule has 0 saturated heterocycles. The van der Waals surface area contributed by atoms with Crippen molar-refractivity contribution in [2.75, 3.05) is 0 Å². The van der Waals surface area contributed by atoms with Crippen LogP contribution in [0.3, 0.4) is 0 Å². The average Bonchev–Trinajstić information content (AvgIpc) is 1.96. The summed E-state index contributed by atoms with van der Waals surface area (Å²) in [5.74, 6) is 0. The summed E-state index contributed by atoms with van der Waals surface area (Å²) < 4.78 is 25.6. The van der Waals surface area contributed by atoms with Gasteiger partial charge in [0.2, 0.25) is 0 Å². The molecule has 0 aliphatic carbocycles. The van der Waals surface area contributed by atoms with Crippen LogP contribution in [0.4, 0.5) is 8.78 Å². The lowest BCUT2D eigenvalue weighted by atomic mass is 10.2. The van der Waals surface area contributed by atoms with Crippen molar-refractivity contribution in [1.29, 1.82) is 0 Å². The lowest BCUT2D eigenvalue weighted by Crippen LogP contribution is -2.12. The Morgan fingerprint density at radius 2 is 2.08 bits per heavy atom. The standard InChI is InChI=1S/C8H9F2NO/c1-5-4-11(2)6(8(9)10)3-7(5)12/h3-4,8H,1-2H3. The highest BCUT2D eigenvalue weighted by Gasteiger charge is 2.10. The molecule has 0 radical (unpaired) electrons. The second kappa shape index (κ2) is 3.05. The minimum atomic E-state index is -2.59. The van der Waals surface area contributed by atoms with Crippen molar-refractivity contribution >= 4 is 0 Å². The third kappa shape index (κ3) is 1.52. The Kier molecular flexibility index (Phi) is 2.26. The second-order valence-corrected chi connectivity index (χ2v) is 2.66. The monoisotopic (exact) mass is 173 g/mol. The molecule has 0 unspecified atom stereocenters. The zero-order valence-corrected chi connectivity index (χ0v) is 6.84. The molecule has 1 aromatic rings. The topological polar surface area (TPSA) is 22.0 Å². The minimum Gasteiger partial charge on any atom is -0.349 e. The molecule has 0 aromatic carbocycles. The van der Waals surface area contributed by atoms with Gasteiger partial charge in [-0.3, -0.25) is 4.79 Å². The quantitative estimate of drug-likeness (QED) is 0.632. The van der Waals surface area contributed by atoms with E-state index in [4.69, 9.17) is 0 Å². The number of rotatable bonds is 1. The lowest BCUT2D eigenvalue weighted by molar-refractivity contribution is 0.141. The van der Waals surface area contributed by atoms with E-state index in [-0.39, 0.29) is 11.1 Å². The van der Waals surface area contributed by atoms with Crippen molar-refractivity contribution in [3.63, 3.8) is 0 Å². The van der Waals surface area contributed by atoms with Crippen LogP contribution < -0.4 is 5.43 Å². The molecule has 12 heavy (non-hydrogen) atoms. The number of alkyl halides is 2. The number of aryl methyl sites for hydroxylation is 2. The Morgan fingerprint density at radius 3 is 2.58 bits per heavy atom. The van der Waals surface area contributed by atoms with Crippen LogP contribution in [-0.4, -0.2) is 4.57 Å². The van der Waals surface area contributed by atoms with Gasteiger partial charge in [-0.05, 0) is 6.92 Å². The van der Waals surface area contributed by atoms with E-state index in [1.807, 2.05) is 0 Å². The van der Waals surface area contributed by atoms with Gasteiger partial charge < -0.3 is 4.57 Å². The Morgan fingerprint density at radius 1 is 1.50 bits per heavy atom. The third-order valence-corrected chi connectivity index (χ3v) is 1.69. The SMILES string of the molecule is Cc1cn(C)c(C(F)F)cc1=O. The molecule has 0 N–H and O–H groups in total. The van der Waals surface area contributed by atoms with E-state index >= 15 is 0 Å². The zero-order valence-electron chi connectivity index (χ0n) is 6.84. The zero-order chi connectivity index (χ0) is 9.30. The molecule has 0 aliphatic rings. The normalized spacial score (nSPS) is 10.8. The maximum absolute atomic E-state index is 12.2. The van der Waals surface area contributed by atoms with Gasteiger partial charge in [-0.15, -0.1) is 0 Å². The van der Waals surface area contributed by atoms with E-state index in [1.165, 1.54) is 17.8 Å². The van der Waals surface area contributed by atoms with E-state index in [9.17, 15) is 13.6 Å². The summed E-state index contributed by atoms with van der Waals surface area (Å²) >= 11 is 0. The summed E-state index contributed by atoms with van der Waals surface area (Å²) in [7, 11) is 1.49. The van der Waals surface area contributed by atoms with Crippen LogP contribution in [0.1, 0.15) is 17.7 Å². The highest BCUT2D eigenvalue weighted by atomic mass is 19.3. The van der Waals surface area contributed by atoms with Gasteiger partial charge in [-0.1, -0.05) is 0 Å². The highest BCUT2D eigenvalue weighted by Crippen LogP contribution is 2.15. The van der Waals surface area contributed by atoms with Crippen molar-refractivity contribution in [2.45, 2.75) is 13.3 Å². The van der Waals surface area contributed by atoms with Crippen molar-refractivity contribution < 1.29 is 8.78 Å². The molecule has 0 saturated carbocycles. The first kappa shape index (κ1) is 8.90. The average molecular weight is 173 g/mol. The number of nitrogens with zero attached hydrogens (tertiary/aromatic N) is 1. The molecule has 0 amide bonds. The molecule has 0 aliphatic heterocycles. The summed E-state index contributed by atoms with van der Waals surface area (Å²) in [5, 5.41) is 0. The summed E-state index contributed by atoms with van der Waals surface area (Å²) in [5.41, 5.74) is -0.115. The molecule has 66 valence electrons. The van der Waals surface area contributed by atoms with Gasteiger partial charge in [0.15, 0.2) is 5.43 Å². The maximum Gasteiger partial charge on any atom is 0.278 e. The van der Waals surface area contributed by atoms with Crippen molar-refractivity contribution in [3.8, 4) is 0 Å². The number of hydrogen-bond acceptors (Lipinski definition) is 1. The van der Waals surface area contributed by atoms with Crippen LogP contribution in [0, 0.1) is 6.92 Å². The molecular formula is C8H9F2NO. The summed E-state index contributed by atoms with van der Waals surface area (Å²) in [4.78, 5) is 10.9.